The molecule has 46 heavy (non-hydrogen) atoms. The van der Waals surface area contributed by atoms with Gasteiger partial charge in [0.25, 0.3) is 0 Å². The maximum absolute atomic E-state index is 12.9. The molecule has 0 bridgehead atoms. The minimum absolute atomic E-state index is 0.0393. The molecule has 0 atom stereocenters. The molecule has 0 amide bonds. The largest absolute Gasteiger partial charge is 0.494 e. The Morgan fingerprint density at radius 3 is 0.978 bits per heavy atom. The normalized spacial score (nSPS) is 11.4. The molecule has 0 N–H and O–H groups in total. The van der Waals surface area contributed by atoms with E-state index >= 15 is 0 Å². The molecule has 4 rings (SSSR count). The lowest BCUT2D eigenvalue weighted by atomic mass is 10.2. The third kappa shape index (κ3) is 8.95. The lowest BCUT2D eigenvalue weighted by Gasteiger charge is -2.09. The predicted molar refractivity (Wildman–Crippen MR) is 169 cm³/mol. The van der Waals surface area contributed by atoms with E-state index in [1.807, 2.05) is 13.8 Å². The number of rotatable bonds is 15. The lowest BCUT2D eigenvalue weighted by Crippen LogP contribution is -2.10. The summed E-state index contributed by atoms with van der Waals surface area (Å²) in [6.45, 7) is 4.62. The Morgan fingerprint density at radius 1 is 0.457 bits per heavy atom. The summed E-state index contributed by atoms with van der Waals surface area (Å²) >= 11 is 0. The maximum atomic E-state index is 12.9. The second-order valence-corrected chi connectivity index (χ2v) is 13.8. The lowest BCUT2D eigenvalue weighted by molar-refractivity contribution is -0.136. The molecule has 0 aliphatic rings. The van der Waals surface area contributed by atoms with E-state index in [0.29, 0.717) is 37.6 Å². The number of benzene rings is 4. The fraction of sp³-hybridized carbons (Fsp3) is 0.235. The molecule has 0 heterocycles. The molecule has 0 saturated heterocycles. The third-order valence-corrected chi connectivity index (χ3v) is 10.2. The molecule has 4 aromatic rings. The first-order valence-electron chi connectivity index (χ1n) is 14.6. The van der Waals surface area contributed by atoms with Gasteiger partial charge in [-0.2, -0.15) is 0 Å². The van der Waals surface area contributed by atoms with E-state index in [9.17, 15) is 26.4 Å². The Morgan fingerprint density at radius 2 is 0.717 bits per heavy atom. The van der Waals surface area contributed by atoms with Crippen LogP contribution in [-0.4, -0.2) is 42.0 Å². The van der Waals surface area contributed by atoms with Crippen molar-refractivity contribution < 1.29 is 45.4 Å². The van der Waals surface area contributed by atoms with Crippen molar-refractivity contribution in [2.75, 3.05) is 13.2 Å². The van der Waals surface area contributed by atoms with Crippen LogP contribution in [0.1, 0.15) is 39.5 Å². The van der Waals surface area contributed by atoms with Crippen LogP contribution in [0.3, 0.4) is 0 Å². The quantitative estimate of drug-likeness (QED) is 0.0816. The molecule has 0 aliphatic carbocycles. The van der Waals surface area contributed by atoms with Gasteiger partial charge in [0.05, 0.1) is 32.8 Å². The zero-order valence-electron chi connectivity index (χ0n) is 25.4. The van der Waals surface area contributed by atoms with Crippen LogP contribution in [0.15, 0.2) is 117 Å². The highest BCUT2D eigenvalue weighted by Crippen LogP contribution is 2.27. The summed E-state index contributed by atoms with van der Waals surface area (Å²) in [4.78, 5) is 24.9. The molecule has 242 valence electrons. The van der Waals surface area contributed by atoms with Crippen LogP contribution in [0.2, 0.25) is 0 Å². The van der Waals surface area contributed by atoms with Gasteiger partial charge >= 0.3 is 11.9 Å². The maximum Gasteiger partial charge on any atom is 0.311 e. The highest BCUT2D eigenvalue weighted by Gasteiger charge is 2.19. The van der Waals surface area contributed by atoms with Crippen LogP contribution in [0.25, 0.3) is 0 Å². The number of esters is 2. The van der Waals surface area contributed by atoms with Gasteiger partial charge in [0.2, 0.25) is 19.7 Å². The van der Waals surface area contributed by atoms with Gasteiger partial charge in [-0.1, -0.05) is 0 Å². The monoisotopic (exact) mass is 666 g/mol. The SMILES string of the molecule is CCOc1ccc(S(=O)(=O)c2ccc(OC(=O)CCCCC(=O)Oc3ccc(S(=O)(=O)c4ccc(OCC)cc4)cc3)cc2)cc1. The number of unbranched alkanes of at least 4 members (excludes halogenated alkanes) is 1. The van der Waals surface area contributed by atoms with E-state index < -0.39 is 31.6 Å². The van der Waals surface area contributed by atoms with E-state index in [2.05, 4.69) is 0 Å². The van der Waals surface area contributed by atoms with Gasteiger partial charge in [-0.15, -0.1) is 0 Å². The van der Waals surface area contributed by atoms with Gasteiger partial charge in [-0.05, 0) is 124 Å². The average Bonchev–Trinajstić information content (AvgIpc) is 3.04. The molecule has 0 unspecified atom stereocenters. The Hall–Kier alpha value is -4.68. The van der Waals surface area contributed by atoms with E-state index in [0.717, 1.165) is 0 Å². The summed E-state index contributed by atoms with van der Waals surface area (Å²) in [6, 6.07) is 23.3. The summed E-state index contributed by atoms with van der Waals surface area (Å²) in [7, 11) is -7.52. The van der Waals surface area contributed by atoms with E-state index in [1.54, 1.807) is 24.3 Å². The molecular weight excluding hydrogens is 632 g/mol. The first-order chi connectivity index (χ1) is 22.0. The standard InChI is InChI=1S/C34H34O10S2/c1-3-41-25-9-17-29(18-10-25)45(37,38)31-21-13-27(14-22-31)43-33(35)7-5-6-8-34(36)44-28-15-23-32(24-16-28)46(39,40)30-19-11-26(12-20-30)42-4-2/h9-24H,3-8H2,1-2H3. The van der Waals surface area contributed by atoms with Crippen molar-refractivity contribution in [3.8, 4) is 23.0 Å². The van der Waals surface area contributed by atoms with E-state index in [1.165, 1.54) is 72.8 Å². The third-order valence-electron chi connectivity index (χ3n) is 6.63. The minimum atomic E-state index is -3.76. The molecule has 12 heteroatoms. The molecule has 0 fully saturated rings. The first kappa shape index (κ1) is 34.2. The second kappa shape index (κ2) is 15.5. The number of carbonyl (C=O) groups is 2. The summed E-state index contributed by atoms with van der Waals surface area (Å²) in [6.07, 6.45) is 0.796. The van der Waals surface area contributed by atoms with Crippen LogP contribution < -0.4 is 18.9 Å². The van der Waals surface area contributed by atoms with Crippen LogP contribution in [0.4, 0.5) is 0 Å². The molecule has 0 aliphatic heterocycles. The van der Waals surface area contributed by atoms with Crippen molar-refractivity contribution in [2.24, 2.45) is 0 Å². The zero-order chi connectivity index (χ0) is 33.2. The van der Waals surface area contributed by atoms with Crippen molar-refractivity contribution in [3.63, 3.8) is 0 Å². The summed E-state index contributed by atoms with van der Waals surface area (Å²) in [5, 5.41) is 0. The number of carbonyl (C=O) groups excluding carboxylic acids is 2. The van der Waals surface area contributed by atoms with Crippen molar-refractivity contribution in [1.82, 2.24) is 0 Å². The highest BCUT2D eigenvalue weighted by atomic mass is 32.2. The van der Waals surface area contributed by atoms with Gasteiger partial charge in [-0.3, -0.25) is 9.59 Å². The molecule has 0 radical (unpaired) electrons. The molecule has 4 aromatic carbocycles. The van der Waals surface area contributed by atoms with Gasteiger partial charge in [0.1, 0.15) is 23.0 Å². The average molecular weight is 667 g/mol. The fourth-order valence-electron chi connectivity index (χ4n) is 4.31. The number of hydrogen-bond acceptors (Lipinski definition) is 10. The molecule has 0 saturated carbocycles. The molecule has 10 nitrogen and oxygen atoms in total. The van der Waals surface area contributed by atoms with Crippen molar-refractivity contribution in [1.29, 1.82) is 0 Å². The smallest absolute Gasteiger partial charge is 0.311 e. The number of sulfone groups is 2. The Bertz CT molecular complexity index is 1690. The van der Waals surface area contributed by atoms with Crippen LogP contribution in [0.5, 0.6) is 23.0 Å². The minimum Gasteiger partial charge on any atom is -0.494 e. The number of ether oxygens (including phenoxy) is 4. The Balaban J connectivity index is 1.20. The Labute approximate surface area is 268 Å². The highest BCUT2D eigenvalue weighted by molar-refractivity contribution is 7.91. The van der Waals surface area contributed by atoms with Crippen molar-refractivity contribution in [2.45, 2.75) is 59.1 Å². The van der Waals surface area contributed by atoms with Gasteiger partial charge in [0, 0.05) is 12.8 Å². The molecule has 0 spiro atoms. The number of hydrogen-bond donors (Lipinski definition) is 0. The molecule has 0 aromatic heterocycles. The molecular formula is C34H34O10S2. The van der Waals surface area contributed by atoms with Crippen LogP contribution in [0, 0.1) is 0 Å². The first-order valence-corrected chi connectivity index (χ1v) is 17.6. The van der Waals surface area contributed by atoms with E-state index in [-0.39, 0.29) is 43.9 Å². The van der Waals surface area contributed by atoms with Crippen LogP contribution in [-0.2, 0) is 29.3 Å². The van der Waals surface area contributed by atoms with Crippen molar-refractivity contribution in [3.05, 3.63) is 97.1 Å². The summed E-state index contributed by atoms with van der Waals surface area (Å²) in [5.74, 6) is 0.482. The van der Waals surface area contributed by atoms with Gasteiger partial charge < -0.3 is 18.9 Å². The second-order valence-electron chi connectivity index (χ2n) is 9.91. The van der Waals surface area contributed by atoms with E-state index in [4.69, 9.17) is 18.9 Å². The zero-order valence-corrected chi connectivity index (χ0v) is 27.0. The fourth-order valence-corrected chi connectivity index (χ4v) is 6.83. The topological polar surface area (TPSA) is 139 Å². The van der Waals surface area contributed by atoms with Crippen LogP contribution >= 0.6 is 0 Å². The predicted octanol–water partition coefficient (Wildman–Crippen LogP) is 6.22. The van der Waals surface area contributed by atoms with Gasteiger partial charge in [0.15, 0.2) is 0 Å². The summed E-state index contributed by atoms with van der Waals surface area (Å²) in [5.41, 5.74) is 0. The summed E-state index contributed by atoms with van der Waals surface area (Å²) < 4.78 is 72.9. The van der Waals surface area contributed by atoms with Crippen molar-refractivity contribution >= 4 is 31.6 Å². The Kier molecular flexibility index (Phi) is 11.6. The van der Waals surface area contributed by atoms with Gasteiger partial charge in [-0.25, -0.2) is 16.8 Å².